The number of carbonyl (C=O) groups excluding carboxylic acids is 1. The summed E-state index contributed by atoms with van der Waals surface area (Å²) in [5.74, 6) is 0.553. The van der Waals surface area contributed by atoms with Crippen molar-refractivity contribution in [2.45, 2.75) is 12.5 Å². The zero-order chi connectivity index (χ0) is 14.8. The van der Waals surface area contributed by atoms with Crippen LogP contribution >= 0.6 is 0 Å². The second kappa shape index (κ2) is 5.58. The molecule has 21 heavy (non-hydrogen) atoms. The van der Waals surface area contributed by atoms with E-state index >= 15 is 0 Å². The van der Waals surface area contributed by atoms with E-state index in [1.165, 1.54) is 0 Å². The molecule has 0 radical (unpaired) electrons. The zero-order valence-corrected chi connectivity index (χ0v) is 11.8. The number of amides is 1. The predicted molar refractivity (Wildman–Crippen MR) is 79.5 cm³/mol. The fourth-order valence-corrected chi connectivity index (χ4v) is 2.67. The van der Waals surface area contributed by atoms with Gasteiger partial charge in [0.1, 0.15) is 11.9 Å². The van der Waals surface area contributed by atoms with Crippen molar-refractivity contribution >= 4 is 5.91 Å². The van der Waals surface area contributed by atoms with Crippen molar-refractivity contribution in [1.82, 2.24) is 5.32 Å². The van der Waals surface area contributed by atoms with Gasteiger partial charge in [0.25, 0.3) is 5.91 Å². The highest BCUT2D eigenvalue weighted by atomic mass is 16.5. The third-order valence-electron chi connectivity index (χ3n) is 3.81. The Labute approximate surface area is 123 Å². The maximum Gasteiger partial charge on any atom is 0.251 e. The Hall–Kier alpha value is -2.33. The number of methoxy groups -OCH3 is 1. The molecule has 4 nitrogen and oxygen atoms in total. The number of rotatable bonds is 3. The average Bonchev–Trinajstić information content (AvgIpc) is 2.54. The molecule has 2 aromatic carbocycles. The second-order valence-corrected chi connectivity index (χ2v) is 5.07. The van der Waals surface area contributed by atoms with Gasteiger partial charge in [-0.3, -0.25) is 4.79 Å². The molecule has 1 atom stereocenters. The van der Waals surface area contributed by atoms with E-state index in [9.17, 15) is 9.90 Å². The molecular weight excluding hydrogens is 266 g/mol. The molecule has 0 fully saturated rings. The monoisotopic (exact) mass is 283 g/mol. The molecule has 1 amide bonds. The van der Waals surface area contributed by atoms with Gasteiger partial charge in [-0.05, 0) is 29.7 Å². The molecule has 0 spiro atoms. The fraction of sp³-hybridized carbons (Fsp3) is 0.235. The highest BCUT2D eigenvalue weighted by Crippen LogP contribution is 2.31. The van der Waals surface area contributed by atoms with Crippen LogP contribution in [0, 0.1) is 0 Å². The molecule has 1 aliphatic rings. The molecule has 2 N–H and O–H groups in total. The number of hydrogen-bond acceptors (Lipinski definition) is 3. The van der Waals surface area contributed by atoms with Crippen molar-refractivity contribution in [3.63, 3.8) is 0 Å². The van der Waals surface area contributed by atoms with Gasteiger partial charge < -0.3 is 15.2 Å². The molecule has 2 aromatic rings. The van der Waals surface area contributed by atoms with E-state index in [4.69, 9.17) is 4.74 Å². The van der Waals surface area contributed by atoms with Gasteiger partial charge in [0.2, 0.25) is 0 Å². The Morgan fingerprint density at radius 2 is 2.05 bits per heavy atom. The standard InChI is InChI=1S/C17H17NO3/c1-21-15-5-3-2-4-13(15)16(19)12-7-6-11-8-9-18-17(20)14(11)10-12/h2-7,10,16,19H,8-9H2,1H3,(H,18,20). The van der Waals surface area contributed by atoms with Gasteiger partial charge >= 0.3 is 0 Å². The number of para-hydroxylation sites is 1. The quantitative estimate of drug-likeness (QED) is 0.906. The molecule has 0 saturated carbocycles. The Morgan fingerprint density at radius 3 is 2.86 bits per heavy atom. The van der Waals surface area contributed by atoms with E-state index in [0.717, 1.165) is 12.0 Å². The van der Waals surface area contributed by atoms with Gasteiger partial charge in [-0.1, -0.05) is 30.3 Å². The minimum atomic E-state index is -0.818. The van der Waals surface area contributed by atoms with Gasteiger partial charge in [-0.15, -0.1) is 0 Å². The number of ether oxygens (including phenoxy) is 1. The lowest BCUT2D eigenvalue weighted by atomic mass is 9.93. The topological polar surface area (TPSA) is 58.6 Å². The minimum absolute atomic E-state index is 0.0784. The molecule has 0 saturated heterocycles. The number of fused-ring (bicyclic) bond motifs is 1. The first-order valence-electron chi connectivity index (χ1n) is 6.92. The number of nitrogens with one attached hydrogen (secondary N) is 1. The third-order valence-corrected chi connectivity index (χ3v) is 3.81. The van der Waals surface area contributed by atoms with Crippen LogP contribution in [-0.2, 0) is 6.42 Å². The lowest BCUT2D eigenvalue weighted by Crippen LogP contribution is -2.31. The fourth-order valence-electron chi connectivity index (χ4n) is 2.67. The van der Waals surface area contributed by atoms with Gasteiger partial charge in [-0.25, -0.2) is 0 Å². The first-order chi connectivity index (χ1) is 10.2. The maximum absolute atomic E-state index is 11.9. The van der Waals surface area contributed by atoms with Crippen molar-refractivity contribution in [1.29, 1.82) is 0 Å². The molecule has 1 unspecified atom stereocenters. The first-order valence-corrected chi connectivity index (χ1v) is 6.92. The maximum atomic E-state index is 11.9. The molecule has 1 aliphatic heterocycles. The Balaban J connectivity index is 2.00. The highest BCUT2D eigenvalue weighted by molar-refractivity contribution is 5.96. The summed E-state index contributed by atoms with van der Waals surface area (Å²) in [5, 5.41) is 13.4. The number of aliphatic hydroxyl groups excluding tert-OH is 1. The van der Waals surface area contributed by atoms with Gasteiger partial charge in [0.05, 0.1) is 7.11 Å². The van der Waals surface area contributed by atoms with Gasteiger partial charge in [-0.2, -0.15) is 0 Å². The van der Waals surface area contributed by atoms with Crippen molar-refractivity contribution < 1.29 is 14.6 Å². The Kier molecular flexibility index (Phi) is 3.62. The number of benzene rings is 2. The third kappa shape index (κ3) is 2.50. The number of hydrogen-bond donors (Lipinski definition) is 2. The molecule has 0 aromatic heterocycles. The first kappa shape index (κ1) is 13.6. The predicted octanol–water partition coefficient (Wildman–Crippen LogP) is 2.06. The lowest BCUT2D eigenvalue weighted by molar-refractivity contribution is 0.0945. The van der Waals surface area contributed by atoms with Crippen LogP contribution in [0.2, 0.25) is 0 Å². The molecule has 3 rings (SSSR count). The van der Waals surface area contributed by atoms with Crippen molar-refractivity contribution in [2.75, 3.05) is 13.7 Å². The summed E-state index contributed by atoms with van der Waals surface area (Å²) in [5.41, 5.74) is 3.05. The minimum Gasteiger partial charge on any atom is -0.496 e. The summed E-state index contributed by atoms with van der Waals surface area (Å²) in [6.07, 6.45) is 0.00715. The van der Waals surface area contributed by atoms with Crippen molar-refractivity contribution in [3.05, 3.63) is 64.7 Å². The lowest BCUT2D eigenvalue weighted by Gasteiger charge is -2.20. The van der Waals surface area contributed by atoms with Crippen molar-refractivity contribution in [3.8, 4) is 5.75 Å². The summed E-state index contributed by atoms with van der Waals surface area (Å²) in [6.45, 7) is 0.667. The summed E-state index contributed by atoms with van der Waals surface area (Å²) in [6, 6.07) is 12.9. The van der Waals surface area contributed by atoms with Crippen LogP contribution in [0.3, 0.4) is 0 Å². The Morgan fingerprint density at radius 1 is 1.24 bits per heavy atom. The van der Waals surface area contributed by atoms with Crippen LogP contribution < -0.4 is 10.1 Å². The average molecular weight is 283 g/mol. The summed E-state index contributed by atoms with van der Waals surface area (Å²) in [4.78, 5) is 11.9. The molecule has 1 heterocycles. The largest absolute Gasteiger partial charge is 0.496 e. The van der Waals surface area contributed by atoms with E-state index < -0.39 is 6.10 Å². The Bertz CT molecular complexity index is 681. The van der Waals surface area contributed by atoms with Crippen LogP contribution in [0.5, 0.6) is 5.75 Å². The van der Waals surface area contributed by atoms with Crippen molar-refractivity contribution in [2.24, 2.45) is 0 Å². The molecule has 0 bridgehead atoms. The SMILES string of the molecule is COc1ccccc1C(O)c1ccc2c(c1)C(=O)NCC2. The molecule has 0 aliphatic carbocycles. The normalized spacial score (nSPS) is 15.0. The van der Waals surface area contributed by atoms with Crippen LogP contribution in [0.25, 0.3) is 0 Å². The highest BCUT2D eigenvalue weighted by Gasteiger charge is 2.20. The molecular formula is C17H17NO3. The van der Waals surface area contributed by atoms with E-state index in [-0.39, 0.29) is 5.91 Å². The van der Waals surface area contributed by atoms with Crippen LogP contribution in [0.15, 0.2) is 42.5 Å². The van der Waals surface area contributed by atoms with Gasteiger partial charge in [0, 0.05) is 17.7 Å². The number of carbonyl (C=O) groups is 1. The van der Waals surface area contributed by atoms with E-state index in [1.54, 1.807) is 13.2 Å². The zero-order valence-electron chi connectivity index (χ0n) is 11.8. The summed E-state index contributed by atoms with van der Waals surface area (Å²) < 4.78 is 5.28. The van der Waals surface area contributed by atoms with Gasteiger partial charge in [0.15, 0.2) is 0 Å². The summed E-state index contributed by atoms with van der Waals surface area (Å²) >= 11 is 0. The number of aliphatic hydroxyl groups is 1. The smallest absolute Gasteiger partial charge is 0.251 e. The van der Waals surface area contributed by atoms with E-state index in [0.29, 0.717) is 29.0 Å². The second-order valence-electron chi connectivity index (χ2n) is 5.07. The summed E-state index contributed by atoms with van der Waals surface area (Å²) in [7, 11) is 1.58. The van der Waals surface area contributed by atoms with Crippen LogP contribution in [0.1, 0.15) is 33.2 Å². The molecule has 108 valence electrons. The van der Waals surface area contributed by atoms with Crippen LogP contribution in [0.4, 0.5) is 0 Å². The van der Waals surface area contributed by atoms with E-state index in [2.05, 4.69) is 5.32 Å². The van der Waals surface area contributed by atoms with E-state index in [1.807, 2.05) is 36.4 Å². The molecule has 4 heteroatoms. The van der Waals surface area contributed by atoms with Crippen LogP contribution in [-0.4, -0.2) is 24.7 Å².